The van der Waals surface area contributed by atoms with E-state index in [1.54, 1.807) is 12.1 Å². The molecule has 172 valence electrons. The lowest BCUT2D eigenvalue weighted by Crippen LogP contribution is -2.14. The van der Waals surface area contributed by atoms with E-state index >= 15 is 0 Å². The van der Waals surface area contributed by atoms with Gasteiger partial charge >= 0.3 is 0 Å². The molecule has 3 aromatic carbocycles. The second-order valence-electron chi connectivity index (χ2n) is 6.75. The number of nitrogens with zero attached hydrogens (tertiary/aromatic N) is 2. The van der Waals surface area contributed by atoms with Crippen LogP contribution in [0.15, 0.2) is 60.2 Å². The third-order valence-electron chi connectivity index (χ3n) is 4.40. The summed E-state index contributed by atoms with van der Waals surface area (Å²) in [5.74, 6) is -0.0517. The van der Waals surface area contributed by atoms with Gasteiger partial charge < -0.3 is 10.1 Å². The third-order valence-corrected chi connectivity index (χ3v) is 6.60. The molecule has 3 aromatic rings. The monoisotopic (exact) mass is 719 g/mol. The third kappa shape index (κ3) is 6.59. The van der Waals surface area contributed by atoms with Crippen LogP contribution in [0.25, 0.3) is 6.08 Å². The van der Waals surface area contributed by atoms with Crippen LogP contribution in [0.1, 0.15) is 11.1 Å². The van der Waals surface area contributed by atoms with Crippen molar-refractivity contribution in [3.05, 3.63) is 98.6 Å². The van der Waals surface area contributed by atoms with Gasteiger partial charge in [-0.05, 0) is 74.5 Å². The van der Waals surface area contributed by atoms with Crippen LogP contribution < -0.4 is 10.1 Å². The lowest BCUT2D eigenvalue weighted by Gasteiger charge is -2.12. The van der Waals surface area contributed by atoms with Crippen molar-refractivity contribution in [1.82, 2.24) is 0 Å². The van der Waals surface area contributed by atoms with Gasteiger partial charge in [-0.1, -0.05) is 53.5 Å². The van der Waals surface area contributed by atoms with Crippen LogP contribution in [0.5, 0.6) is 5.75 Å². The molecule has 0 bridgehead atoms. The molecule has 0 aromatic heterocycles. The average molecular weight is 720 g/mol. The molecule has 0 radical (unpaired) electrons. The van der Waals surface area contributed by atoms with Gasteiger partial charge in [0.05, 0.1) is 27.8 Å². The normalized spacial score (nSPS) is 11.0. The largest absolute Gasteiger partial charge is 0.487 e. The molecule has 0 heterocycles. The molecular weight excluding hydrogens is 707 g/mol. The summed E-state index contributed by atoms with van der Waals surface area (Å²) in [6.45, 7) is 0.407. The SMILES string of the molecule is N#C/C(=C\c1cc(I)c(OCc2ccccc2)c(I)c1)C(=O)Nc1c(Cl)cc([N+](=O)[O-])cc1Cl. The minimum atomic E-state index is -0.755. The van der Waals surface area contributed by atoms with Crippen LogP contribution in [0.3, 0.4) is 0 Å². The van der Waals surface area contributed by atoms with Gasteiger partial charge in [0, 0.05) is 12.1 Å². The molecule has 0 aliphatic carbocycles. The number of anilines is 1. The Morgan fingerprint density at radius 3 is 2.24 bits per heavy atom. The summed E-state index contributed by atoms with van der Waals surface area (Å²) in [5.41, 5.74) is 1.12. The summed E-state index contributed by atoms with van der Waals surface area (Å²) in [7, 11) is 0. The van der Waals surface area contributed by atoms with Gasteiger partial charge in [0.1, 0.15) is 24.0 Å². The number of halogens is 4. The van der Waals surface area contributed by atoms with Gasteiger partial charge in [-0.25, -0.2) is 0 Å². The van der Waals surface area contributed by atoms with Crippen molar-refractivity contribution in [3.8, 4) is 11.8 Å². The number of amides is 1. The lowest BCUT2D eigenvalue weighted by atomic mass is 10.1. The molecule has 0 atom stereocenters. The van der Waals surface area contributed by atoms with Crippen molar-refractivity contribution in [2.75, 3.05) is 5.32 Å². The molecule has 34 heavy (non-hydrogen) atoms. The van der Waals surface area contributed by atoms with E-state index in [9.17, 15) is 20.2 Å². The Labute approximate surface area is 232 Å². The van der Waals surface area contributed by atoms with Crippen molar-refractivity contribution in [2.24, 2.45) is 0 Å². The minimum absolute atomic E-state index is 0.0195. The molecule has 3 rings (SSSR count). The van der Waals surface area contributed by atoms with Crippen LogP contribution in [-0.4, -0.2) is 10.8 Å². The zero-order valence-corrected chi connectivity index (χ0v) is 22.8. The molecule has 0 saturated carbocycles. The Bertz CT molecular complexity index is 1300. The lowest BCUT2D eigenvalue weighted by molar-refractivity contribution is -0.384. The van der Waals surface area contributed by atoms with E-state index in [0.717, 1.165) is 24.8 Å². The first-order valence-electron chi connectivity index (χ1n) is 9.42. The molecule has 0 aliphatic rings. The molecule has 1 amide bonds. The Hall–Kier alpha value is -2.40. The van der Waals surface area contributed by atoms with E-state index in [1.165, 1.54) is 6.08 Å². The Kier molecular flexibility index (Phi) is 9.12. The summed E-state index contributed by atoms with van der Waals surface area (Å²) >= 11 is 16.4. The fraction of sp³-hybridized carbons (Fsp3) is 0.0435. The summed E-state index contributed by atoms with van der Waals surface area (Å²) in [5, 5.41) is 22.7. The molecule has 0 unspecified atom stereocenters. The smallest absolute Gasteiger partial charge is 0.272 e. The quantitative estimate of drug-likeness (QED) is 0.0912. The highest BCUT2D eigenvalue weighted by Gasteiger charge is 2.19. The Balaban J connectivity index is 1.81. The van der Waals surface area contributed by atoms with Crippen LogP contribution in [0.2, 0.25) is 10.0 Å². The van der Waals surface area contributed by atoms with Crippen LogP contribution >= 0.6 is 68.4 Å². The highest BCUT2D eigenvalue weighted by atomic mass is 127. The topological polar surface area (TPSA) is 105 Å². The number of ether oxygens (including phenoxy) is 1. The van der Waals surface area contributed by atoms with Gasteiger partial charge in [0.2, 0.25) is 0 Å². The molecule has 11 heteroatoms. The molecular formula is C23H13Cl2I2N3O4. The zero-order valence-electron chi connectivity index (χ0n) is 17.0. The maximum Gasteiger partial charge on any atom is 0.272 e. The number of hydrogen-bond donors (Lipinski definition) is 1. The van der Waals surface area contributed by atoms with Crippen molar-refractivity contribution in [2.45, 2.75) is 6.61 Å². The predicted octanol–water partition coefficient (Wildman–Crippen LogP) is 7.24. The number of carbonyl (C=O) groups is 1. The molecule has 0 aliphatic heterocycles. The van der Waals surface area contributed by atoms with E-state index in [-0.39, 0.29) is 27.0 Å². The van der Waals surface area contributed by atoms with Gasteiger partial charge in [0.25, 0.3) is 11.6 Å². The fourth-order valence-electron chi connectivity index (χ4n) is 2.81. The van der Waals surface area contributed by atoms with E-state index in [0.29, 0.717) is 17.9 Å². The van der Waals surface area contributed by atoms with E-state index in [4.69, 9.17) is 27.9 Å². The predicted molar refractivity (Wildman–Crippen MR) is 148 cm³/mol. The van der Waals surface area contributed by atoms with E-state index in [2.05, 4.69) is 50.5 Å². The van der Waals surface area contributed by atoms with Crippen LogP contribution in [-0.2, 0) is 11.4 Å². The number of rotatable bonds is 7. The molecule has 0 saturated heterocycles. The maximum absolute atomic E-state index is 12.7. The number of hydrogen-bond acceptors (Lipinski definition) is 5. The number of benzene rings is 3. The molecule has 0 spiro atoms. The second kappa shape index (κ2) is 11.8. The van der Waals surface area contributed by atoms with Crippen LogP contribution in [0.4, 0.5) is 11.4 Å². The van der Waals surface area contributed by atoms with Crippen molar-refractivity contribution in [3.63, 3.8) is 0 Å². The number of nitriles is 1. The number of nitrogens with one attached hydrogen (secondary N) is 1. The van der Waals surface area contributed by atoms with Gasteiger partial charge in [-0.2, -0.15) is 5.26 Å². The van der Waals surface area contributed by atoms with E-state index < -0.39 is 10.8 Å². The Morgan fingerprint density at radius 2 is 1.71 bits per heavy atom. The van der Waals surface area contributed by atoms with Crippen molar-refractivity contribution >= 4 is 91.7 Å². The minimum Gasteiger partial charge on any atom is -0.487 e. The zero-order chi connectivity index (χ0) is 24.8. The highest BCUT2D eigenvalue weighted by Crippen LogP contribution is 2.35. The Morgan fingerprint density at radius 1 is 1.12 bits per heavy atom. The standard InChI is InChI=1S/C23H13Cl2I2N3O4/c24-17-9-16(30(32)33)10-18(25)21(17)29-23(31)15(11-28)6-14-7-19(26)22(20(27)8-14)34-12-13-4-2-1-3-5-13/h1-10H,12H2,(H,29,31)/b15-6+. The maximum atomic E-state index is 12.7. The number of nitro benzene ring substituents is 1. The van der Waals surface area contributed by atoms with Gasteiger partial charge in [-0.3, -0.25) is 14.9 Å². The van der Waals surface area contributed by atoms with Gasteiger partial charge in [0.15, 0.2) is 0 Å². The summed E-state index contributed by atoms with van der Waals surface area (Å²) in [4.78, 5) is 23.0. The second-order valence-corrected chi connectivity index (χ2v) is 9.89. The van der Waals surface area contributed by atoms with Crippen molar-refractivity contribution in [1.29, 1.82) is 5.26 Å². The molecule has 1 N–H and O–H groups in total. The first-order chi connectivity index (χ1) is 16.2. The molecule has 7 nitrogen and oxygen atoms in total. The van der Waals surface area contributed by atoms with E-state index in [1.807, 2.05) is 36.4 Å². The van der Waals surface area contributed by atoms with Crippen LogP contribution in [0, 0.1) is 28.6 Å². The van der Waals surface area contributed by atoms with Crippen molar-refractivity contribution < 1.29 is 14.5 Å². The highest BCUT2D eigenvalue weighted by molar-refractivity contribution is 14.1. The molecule has 0 fully saturated rings. The summed E-state index contributed by atoms with van der Waals surface area (Å²) in [6.07, 6.45) is 1.42. The average Bonchev–Trinajstić information content (AvgIpc) is 2.79. The first kappa shape index (κ1) is 26.2. The number of nitro groups is 1. The fourth-order valence-corrected chi connectivity index (χ4v) is 5.51. The first-order valence-corrected chi connectivity index (χ1v) is 12.3. The summed E-state index contributed by atoms with van der Waals surface area (Å²) < 4.78 is 7.58. The summed E-state index contributed by atoms with van der Waals surface area (Å²) in [6, 6.07) is 17.3. The number of non-ortho nitro benzene ring substituents is 1. The number of carbonyl (C=O) groups excluding carboxylic acids is 1. The van der Waals surface area contributed by atoms with Gasteiger partial charge in [-0.15, -0.1) is 0 Å².